The molecule has 3 aromatic rings. The number of hydrogen-bond acceptors (Lipinski definition) is 3. The summed E-state index contributed by atoms with van der Waals surface area (Å²) in [5.41, 5.74) is 3.33. The largest absolute Gasteiger partial charge is 0.416 e. The first-order valence-electron chi connectivity index (χ1n) is 12.3. The number of halogens is 3. The third-order valence-electron chi connectivity index (χ3n) is 7.08. The highest BCUT2D eigenvalue weighted by Gasteiger charge is 2.33. The van der Waals surface area contributed by atoms with Crippen molar-refractivity contribution in [1.29, 1.82) is 0 Å². The summed E-state index contributed by atoms with van der Waals surface area (Å²) in [6, 6.07) is 11.7. The van der Waals surface area contributed by atoms with Gasteiger partial charge in [0, 0.05) is 31.7 Å². The summed E-state index contributed by atoms with van der Waals surface area (Å²) < 4.78 is 42.2. The van der Waals surface area contributed by atoms with E-state index in [-0.39, 0.29) is 24.2 Å². The lowest BCUT2D eigenvalue weighted by Gasteiger charge is -2.27. The van der Waals surface area contributed by atoms with Crippen LogP contribution >= 0.6 is 0 Å². The fourth-order valence-electron chi connectivity index (χ4n) is 5.04. The van der Waals surface area contributed by atoms with Gasteiger partial charge >= 0.3 is 6.18 Å². The lowest BCUT2D eigenvalue weighted by Crippen LogP contribution is -2.36. The zero-order chi connectivity index (χ0) is 25.2. The van der Waals surface area contributed by atoms with Crippen LogP contribution in [-0.4, -0.2) is 41.0 Å². The summed E-state index contributed by atoms with van der Waals surface area (Å²) in [4.78, 5) is 17.8. The summed E-state index contributed by atoms with van der Waals surface area (Å²) in [6.45, 7) is 8.03. The van der Waals surface area contributed by atoms with Gasteiger partial charge in [-0.05, 0) is 93.2 Å². The molecule has 0 amide bonds. The molecule has 4 nitrogen and oxygen atoms in total. The van der Waals surface area contributed by atoms with Gasteiger partial charge in [-0.25, -0.2) is 0 Å². The predicted octanol–water partition coefficient (Wildman–Crippen LogP) is 5.76. The Morgan fingerprint density at radius 1 is 0.886 bits per heavy atom. The van der Waals surface area contributed by atoms with E-state index in [1.807, 2.05) is 17.6 Å². The maximum atomic E-state index is 13.6. The normalized spacial score (nSPS) is 15.3. The van der Waals surface area contributed by atoms with E-state index in [0.717, 1.165) is 47.7 Å². The second-order valence-electron chi connectivity index (χ2n) is 9.85. The van der Waals surface area contributed by atoms with Gasteiger partial charge in [-0.3, -0.25) is 9.69 Å². The molecule has 0 radical (unpaired) electrons. The van der Waals surface area contributed by atoms with Crippen molar-refractivity contribution in [3.63, 3.8) is 0 Å². The third kappa shape index (κ3) is 5.96. The molecule has 0 atom stereocenters. The summed E-state index contributed by atoms with van der Waals surface area (Å²) >= 11 is 0. The van der Waals surface area contributed by atoms with E-state index in [2.05, 4.69) is 24.0 Å². The van der Waals surface area contributed by atoms with Crippen LogP contribution in [0.5, 0.6) is 0 Å². The molecule has 0 bridgehead atoms. The van der Waals surface area contributed by atoms with E-state index < -0.39 is 11.7 Å². The number of nitrogens with zero attached hydrogens (tertiary/aromatic N) is 3. The first-order chi connectivity index (χ1) is 16.6. The Hall–Kier alpha value is -2.64. The molecule has 0 aliphatic carbocycles. The number of pyridine rings is 1. The second kappa shape index (κ2) is 10.5. The van der Waals surface area contributed by atoms with Crippen molar-refractivity contribution in [2.24, 2.45) is 0 Å². The van der Waals surface area contributed by atoms with Gasteiger partial charge in [0.2, 0.25) is 0 Å². The first-order valence-corrected chi connectivity index (χ1v) is 12.3. The van der Waals surface area contributed by atoms with E-state index in [0.29, 0.717) is 12.1 Å². The van der Waals surface area contributed by atoms with Gasteiger partial charge in [0.1, 0.15) is 0 Å². The maximum Gasteiger partial charge on any atom is 0.416 e. The van der Waals surface area contributed by atoms with Crippen LogP contribution in [0.1, 0.15) is 47.1 Å². The average molecular weight is 486 g/mol. The number of hydrogen-bond donors (Lipinski definition) is 0. The Morgan fingerprint density at radius 3 is 2.26 bits per heavy atom. The van der Waals surface area contributed by atoms with Gasteiger partial charge in [-0.2, -0.15) is 13.2 Å². The summed E-state index contributed by atoms with van der Waals surface area (Å²) in [7, 11) is 1.76. The Labute approximate surface area is 205 Å². The molecule has 188 valence electrons. The number of likely N-dealkylation sites (tertiary alicyclic amines) is 1. The number of alkyl halides is 3. The molecule has 0 unspecified atom stereocenters. The smallest absolute Gasteiger partial charge is 0.307 e. The summed E-state index contributed by atoms with van der Waals surface area (Å²) in [5.74, 6) is 0. The van der Waals surface area contributed by atoms with Crippen LogP contribution < -0.4 is 5.56 Å². The van der Waals surface area contributed by atoms with Gasteiger partial charge < -0.3 is 9.47 Å². The Morgan fingerprint density at radius 2 is 1.54 bits per heavy atom. The highest BCUT2D eigenvalue weighted by Crippen LogP contribution is 2.32. The SMILES string of the molecule is Cc1cc2cc(CN(C)Cc3ccccc3C(F)(F)F)c(=O)n(CCN3CCCCC3)c2cc1C. The van der Waals surface area contributed by atoms with Crippen molar-refractivity contribution >= 4 is 10.9 Å². The van der Waals surface area contributed by atoms with Gasteiger partial charge in [0.15, 0.2) is 0 Å². The van der Waals surface area contributed by atoms with Crippen molar-refractivity contribution in [3.8, 4) is 0 Å². The molecule has 1 saturated heterocycles. The zero-order valence-corrected chi connectivity index (χ0v) is 20.8. The number of aromatic nitrogens is 1. The van der Waals surface area contributed by atoms with Crippen molar-refractivity contribution in [2.45, 2.75) is 58.9 Å². The van der Waals surface area contributed by atoms with Crippen LogP contribution in [0.25, 0.3) is 10.9 Å². The number of rotatable bonds is 7. The molecule has 1 aliphatic heterocycles. The number of benzene rings is 2. The highest BCUT2D eigenvalue weighted by molar-refractivity contribution is 5.81. The van der Waals surface area contributed by atoms with Crippen LogP contribution in [-0.2, 0) is 25.8 Å². The standard InChI is InChI=1S/C28H34F3N3O/c1-20-15-23-17-24(19-32(3)18-22-9-5-6-10-25(22)28(29,30)31)27(35)34(26(23)16-21(20)2)14-13-33-11-7-4-8-12-33/h5-6,9-10,15-17H,4,7-8,11-14,18-19H2,1-3H3. The van der Waals surface area contributed by atoms with Crippen molar-refractivity contribution in [2.75, 3.05) is 26.7 Å². The fourth-order valence-corrected chi connectivity index (χ4v) is 5.04. The van der Waals surface area contributed by atoms with Crippen molar-refractivity contribution in [1.82, 2.24) is 14.4 Å². The molecular weight excluding hydrogens is 451 g/mol. The molecule has 1 aliphatic rings. The number of fused-ring (bicyclic) bond motifs is 1. The molecule has 1 fully saturated rings. The van der Waals surface area contributed by atoms with Crippen molar-refractivity contribution in [3.05, 3.63) is 80.6 Å². The van der Waals surface area contributed by atoms with Crippen LogP contribution in [0.4, 0.5) is 13.2 Å². The molecule has 4 rings (SSSR count). The highest BCUT2D eigenvalue weighted by atomic mass is 19.4. The Balaban J connectivity index is 1.64. The van der Waals surface area contributed by atoms with Gasteiger partial charge in [-0.1, -0.05) is 24.6 Å². The topological polar surface area (TPSA) is 28.5 Å². The first kappa shape index (κ1) is 25.5. The fraction of sp³-hybridized carbons (Fsp3) is 0.464. The number of piperidine rings is 1. The average Bonchev–Trinajstić information content (AvgIpc) is 2.81. The lowest BCUT2D eigenvalue weighted by molar-refractivity contribution is -0.138. The molecule has 0 saturated carbocycles. The predicted molar refractivity (Wildman–Crippen MR) is 135 cm³/mol. The molecule has 7 heteroatoms. The third-order valence-corrected chi connectivity index (χ3v) is 7.08. The van der Waals surface area contributed by atoms with Gasteiger partial charge in [0.05, 0.1) is 11.1 Å². The molecule has 35 heavy (non-hydrogen) atoms. The van der Waals surface area contributed by atoms with Crippen LogP contribution in [0.2, 0.25) is 0 Å². The van der Waals surface area contributed by atoms with Crippen LogP contribution in [0.15, 0.2) is 47.3 Å². The van der Waals surface area contributed by atoms with Crippen LogP contribution in [0, 0.1) is 13.8 Å². The van der Waals surface area contributed by atoms with Crippen LogP contribution in [0.3, 0.4) is 0 Å². The molecular formula is C28H34F3N3O. The monoisotopic (exact) mass is 485 g/mol. The minimum Gasteiger partial charge on any atom is -0.307 e. The second-order valence-corrected chi connectivity index (χ2v) is 9.85. The molecule has 0 N–H and O–H groups in total. The summed E-state index contributed by atoms with van der Waals surface area (Å²) in [6.07, 6.45) is -0.759. The van der Waals surface area contributed by atoms with Gasteiger partial charge in [0.25, 0.3) is 5.56 Å². The maximum absolute atomic E-state index is 13.6. The molecule has 2 aromatic carbocycles. The van der Waals surface area contributed by atoms with Gasteiger partial charge in [-0.15, -0.1) is 0 Å². The zero-order valence-electron chi connectivity index (χ0n) is 20.8. The lowest BCUT2D eigenvalue weighted by atomic mass is 10.0. The molecule has 0 spiro atoms. The Bertz CT molecular complexity index is 1240. The van der Waals surface area contributed by atoms with Crippen molar-refractivity contribution < 1.29 is 13.2 Å². The Kier molecular flexibility index (Phi) is 7.67. The van der Waals surface area contributed by atoms with E-state index in [1.54, 1.807) is 18.0 Å². The molecule has 1 aromatic heterocycles. The van der Waals surface area contributed by atoms with E-state index in [9.17, 15) is 18.0 Å². The molecule has 2 heterocycles. The minimum atomic E-state index is -4.41. The van der Waals surface area contributed by atoms with E-state index in [1.165, 1.54) is 31.4 Å². The van der Waals surface area contributed by atoms with E-state index >= 15 is 0 Å². The minimum absolute atomic E-state index is 0.0614. The quantitative estimate of drug-likeness (QED) is 0.426. The van der Waals surface area contributed by atoms with E-state index in [4.69, 9.17) is 0 Å². The number of aryl methyl sites for hydroxylation is 2. The summed E-state index contributed by atoms with van der Waals surface area (Å²) in [5, 5.41) is 0.991.